The van der Waals surface area contributed by atoms with Gasteiger partial charge in [-0.15, -0.1) is 0 Å². The smallest absolute Gasteiger partial charge is 0.337 e. The van der Waals surface area contributed by atoms with Crippen LogP contribution in [-0.2, 0) is 4.74 Å². The Labute approximate surface area is 184 Å². The highest BCUT2D eigenvalue weighted by Gasteiger charge is 2.09. The van der Waals surface area contributed by atoms with Crippen molar-refractivity contribution in [2.24, 2.45) is 0 Å². The largest absolute Gasteiger partial charge is 0.494 e. The average molecular weight is 431 g/mol. The van der Waals surface area contributed by atoms with Crippen LogP contribution >= 0.6 is 0 Å². The minimum Gasteiger partial charge on any atom is -0.494 e. The minimum atomic E-state index is -0.382. The van der Waals surface area contributed by atoms with Gasteiger partial charge in [-0.05, 0) is 36.8 Å². The van der Waals surface area contributed by atoms with Gasteiger partial charge in [0.2, 0.25) is 11.9 Å². The molecule has 3 N–H and O–H groups in total. The monoisotopic (exact) mass is 431 g/mol. The predicted molar refractivity (Wildman–Crippen MR) is 119 cm³/mol. The molecule has 162 valence electrons. The molecule has 0 unspecified atom stereocenters. The Balaban J connectivity index is 1.45. The standard InChI is InChI=1S/C22H21N7O3/c1-3-32-17-6-4-5-16(11-17)25-21-23-13-24-22(27-21)26-19-12-18(28-29-19)14-7-9-15(10-8-14)20(30)31-2/h4-13H,3H2,1-2H3,(H3,23,24,25,26,27,28,29). The molecule has 0 saturated carbocycles. The third-order valence-corrected chi connectivity index (χ3v) is 4.41. The summed E-state index contributed by atoms with van der Waals surface area (Å²) in [6.07, 6.45) is 1.41. The fraction of sp³-hybridized carbons (Fsp3) is 0.136. The van der Waals surface area contributed by atoms with Crippen molar-refractivity contribution in [3.05, 3.63) is 66.5 Å². The molecular formula is C22H21N7O3. The van der Waals surface area contributed by atoms with Crippen LogP contribution in [-0.4, -0.2) is 44.8 Å². The van der Waals surface area contributed by atoms with E-state index >= 15 is 0 Å². The molecule has 10 nitrogen and oxygen atoms in total. The van der Waals surface area contributed by atoms with E-state index in [1.165, 1.54) is 13.4 Å². The van der Waals surface area contributed by atoms with Crippen LogP contribution in [0.5, 0.6) is 5.75 Å². The zero-order valence-corrected chi connectivity index (χ0v) is 17.5. The molecule has 32 heavy (non-hydrogen) atoms. The summed E-state index contributed by atoms with van der Waals surface area (Å²) in [5, 5.41) is 13.4. The first kappa shape index (κ1) is 20.8. The lowest BCUT2D eigenvalue weighted by Gasteiger charge is -2.08. The molecule has 0 fully saturated rings. The van der Waals surface area contributed by atoms with Gasteiger partial charge in [0.1, 0.15) is 12.1 Å². The highest BCUT2D eigenvalue weighted by atomic mass is 16.5. The lowest BCUT2D eigenvalue weighted by atomic mass is 10.1. The van der Waals surface area contributed by atoms with Crippen LogP contribution in [0.4, 0.5) is 23.4 Å². The third-order valence-electron chi connectivity index (χ3n) is 4.41. The van der Waals surface area contributed by atoms with Crippen LogP contribution in [0.25, 0.3) is 11.3 Å². The predicted octanol–water partition coefficient (Wildman–Crippen LogP) is 3.93. The van der Waals surface area contributed by atoms with E-state index in [0.717, 1.165) is 22.7 Å². The zero-order valence-electron chi connectivity index (χ0n) is 17.5. The third kappa shape index (κ3) is 4.98. The molecule has 0 aliphatic carbocycles. The normalized spacial score (nSPS) is 10.4. The van der Waals surface area contributed by atoms with Gasteiger partial charge in [0.05, 0.1) is 25.0 Å². The number of hydrogen-bond donors (Lipinski definition) is 3. The number of aromatic nitrogens is 5. The summed E-state index contributed by atoms with van der Waals surface area (Å²) < 4.78 is 10.2. The summed E-state index contributed by atoms with van der Waals surface area (Å²) in [4.78, 5) is 24.2. The maximum atomic E-state index is 11.6. The van der Waals surface area contributed by atoms with Gasteiger partial charge in [0.15, 0.2) is 5.82 Å². The highest BCUT2D eigenvalue weighted by Crippen LogP contribution is 2.23. The maximum Gasteiger partial charge on any atom is 0.337 e. The quantitative estimate of drug-likeness (QED) is 0.356. The number of nitrogens with zero attached hydrogens (tertiary/aromatic N) is 4. The van der Waals surface area contributed by atoms with E-state index in [1.807, 2.05) is 49.4 Å². The molecule has 4 rings (SSSR count). The summed E-state index contributed by atoms with van der Waals surface area (Å²) in [6, 6.07) is 16.4. The van der Waals surface area contributed by atoms with Gasteiger partial charge in [0, 0.05) is 17.8 Å². The second-order valence-corrected chi connectivity index (χ2v) is 6.58. The molecule has 0 aliphatic rings. The number of rotatable bonds is 8. The first-order valence-corrected chi connectivity index (χ1v) is 9.84. The molecule has 0 amide bonds. The first-order valence-electron chi connectivity index (χ1n) is 9.84. The van der Waals surface area contributed by atoms with Gasteiger partial charge in [-0.2, -0.15) is 10.1 Å². The van der Waals surface area contributed by atoms with Gasteiger partial charge in [-0.3, -0.25) is 5.10 Å². The Morgan fingerprint density at radius 1 is 1.03 bits per heavy atom. The Kier molecular flexibility index (Phi) is 6.21. The Bertz CT molecular complexity index is 1210. The van der Waals surface area contributed by atoms with Crippen LogP contribution in [0.15, 0.2) is 60.9 Å². The molecule has 2 heterocycles. The van der Waals surface area contributed by atoms with Crippen LogP contribution in [0.1, 0.15) is 17.3 Å². The molecule has 10 heteroatoms. The number of benzene rings is 2. The van der Waals surface area contributed by atoms with E-state index in [1.54, 1.807) is 12.1 Å². The van der Waals surface area contributed by atoms with E-state index in [4.69, 9.17) is 9.47 Å². The summed E-state index contributed by atoms with van der Waals surface area (Å²) >= 11 is 0. The average Bonchev–Trinajstić information content (AvgIpc) is 3.28. The van der Waals surface area contributed by atoms with Crippen LogP contribution in [0.3, 0.4) is 0 Å². The first-order chi connectivity index (χ1) is 15.6. The molecule has 0 aliphatic heterocycles. The number of nitrogens with one attached hydrogen (secondary N) is 3. The Hall–Kier alpha value is -4.47. The number of H-pyrrole nitrogens is 1. The van der Waals surface area contributed by atoms with Crippen molar-refractivity contribution in [3.63, 3.8) is 0 Å². The number of carbonyl (C=O) groups excluding carboxylic acids is 1. The number of carbonyl (C=O) groups is 1. The van der Waals surface area contributed by atoms with E-state index in [0.29, 0.717) is 29.9 Å². The number of ether oxygens (including phenoxy) is 2. The zero-order chi connectivity index (χ0) is 22.3. The Morgan fingerprint density at radius 2 is 1.81 bits per heavy atom. The van der Waals surface area contributed by atoms with Crippen molar-refractivity contribution < 1.29 is 14.3 Å². The van der Waals surface area contributed by atoms with Crippen molar-refractivity contribution in [2.45, 2.75) is 6.92 Å². The number of methoxy groups -OCH3 is 1. The van der Waals surface area contributed by atoms with E-state index in [9.17, 15) is 4.79 Å². The van der Waals surface area contributed by atoms with Crippen molar-refractivity contribution >= 4 is 29.4 Å². The second kappa shape index (κ2) is 9.56. The van der Waals surface area contributed by atoms with Gasteiger partial charge < -0.3 is 20.1 Å². The number of aromatic amines is 1. The minimum absolute atomic E-state index is 0.336. The van der Waals surface area contributed by atoms with Crippen molar-refractivity contribution in [2.75, 3.05) is 24.4 Å². The molecular weight excluding hydrogens is 410 g/mol. The van der Waals surface area contributed by atoms with Crippen LogP contribution in [0.2, 0.25) is 0 Å². The lowest BCUT2D eigenvalue weighted by Crippen LogP contribution is -2.03. The summed E-state index contributed by atoms with van der Waals surface area (Å²) in [5.74, 6) is 1.63. The topological polar surface area (TPSA) is 127 Å². The molecule has 0 atom stereocenters. The number of esters is 1. The molecule has 0 saturated heterocycles. The summed E-state index contributed by atoms with van der Waals surface area (Å²) in [5.41, 5.74) is 2.91. The van der Waals surface area contributed by atoms with E-state index in [-0.39, 0.29) is 5.97 Å². The summed E-state index contributed by atoms with van der Waals surface area (Å²) in [6.45, 7) is 2.52. The van der Waals surface area contributed by atoms with E-state index < -0.39 is 0 Å². The van der Waals surface area contributed by atoms with Crippen LogP contribution in [0, 0.1) is 0 Å². The SMILES string of the molecule is CCOc1cccc(Nc2ncnc(Nc3cc(-c4ccc(C(=O)OC)cc4)[nH]n3)n2)c1. The fourth-order valence-electron chi connectivity index (χ4n) is 2.93. The second-order valence-electron chi connectivity index (χ2n) is 6.58. The molecule has 2 aromatic heterocycles. The maximum absolute atomic E-state index is 11.6. The number of anilines is 4. The van der Waals surface area contributed by atoms with Gasteiger partial charge in [0.25, 0.3) is 0 Å². The van der Waals surface area contributed by atoms with Gasteiger partial charge in [-0.25, -0.2) is 14.8 Å². The Morgan fingerprint density at radius 3 is 2.56 bits per heavy atom. The van der Waals surface area contributed by atoms with Crippen molar-refractivity contribution in [1.82, 2.24) is 25.1 Å². The molecule has 0 spiro atoms. The van der Waals surface area contributed by atoms with Crippen molar-refractivity contribution in [1.29, 1.82) is 0 Å². The molecule has 0 radical (unpaired) electrons. The van der Waals surface area contributed by atoms with Crippen LogP contribution < -0.4 is 15.4 Å². The lowest BCUT2D eigenvalue weighted by molar-refractivity contribution is 0.0600. The highest BCUT2D eigenvalue weighted by molar-refractivity contribution is 5.89. The van der Waals surface area contributed by atoms with Gasteiger partial charge >= 0.3 is 5.97 Å². The fourth-order valence-corrected chi connectivity index (χ4v) is 2.93. The van der Waals surface area contributed by atoms with Gasteiger partial charge in [-0.1, -0.05) is 18.2 Å². The number of hydrogen-bond acceptors (Lipinski definition) is 9. The van der Waals surface area contributed by atoms with Crippen molar-refractivity contribution in [3.8, 4) is 17.0 Å². The molecule has 2 aromatic carbocycles. The van der Waals surface area contributed by atoms with E-state index in [2.05, 4.69) is 35.8 Å². The molecule has 0 bridgehead atoms. The summed E-state index contributed by atoms with van der Waals surface area (Å²) in [7, 11) is 1.35. The molecule has 4 aromatic rings.